The Balaban J connectivity index is 1.21. The Hall–Kier alpha value is -2.82. The highest BCUT2D eigenvalue weighted by molar-refractivity contribution is 5.97. The fraction of sp³-hybridized carbons (Fsp3) is 0.481. The maximum atomic E-state index is 13.3. The lowest BCUT2D eigenvalue weighted by atomic mass is 9.65. The first-order chi connectivity index (χ1) is 15.2. The summed E-state index contributed by atoms with van der Waals surface area (Å²) in [6.45, 7) is 9.02. The van der Waals surface area contributed by atoms with Gasteiger partial charge in [0.25, 0.3) is 5.91 Å². The molecule has 5 heteroatoms. The van der Waals surface area contributed by atoms with Crippen molar-refractivity contribution in [1.82, 2.24) is 4.90 Å². The van der Waals surface area contributed by atoms with Crippen molar-refractivity contribution < 1.29 is 9.59 Å². The summed E-state index contributed by atoms with van der Waals surface area (Å²) in [5, 5.41) is 2.98. The first-order valence-corrected chi connectivity index (χ1v) is 11.8. The molecule has 2 aliphatic heterocycles. The van der Waals surface area contributed by atoms with Crippen LogP contribution >= 0.6 is 0 Å². The van der Waals surface area contributed by atoms with Crippen molar-refractivity contribution in [1.29, 1.82) is 0 Å². The minimum atomic E-state index is -0.0377. The zero-order chi connectivity index (χ0) is 22.5. The van der Waals surface area contributed by atoms with E-state index in [-0.39, 0.29) is 22.6 Å². The van der Waals surface area contributed by atoms with Crippen LogP contribution < -0.4 is 10.2 Å². The molecule has 2 unspecified atom stereocenters. The summed E-state index contributed by atoms with van der Waals surface area (Å²) in [5.74, 6) is 0.0762. The topological polar surface area (TPSA) is 52.7 Å². The van der Waals surface area contributed by atoms with E-state index in [0.717, 1.165) is 43.7 Å². The lowest BCUT2D eigenvalue weighted by Crippen LogP contribution is -2.37. The number of rotatable bonds is 4. The summed E-state index contributed by atoms with van der Waals surface area (Å²) in [4.78, 5) is 30.1. The third-order valence-electron chi connectivity index (χ3n) is 7.41. The lowest BCUT2D eigenvalue weighted by Gasteiger charge is -2.39. The number of hydrogen-bond donors (Lipinski definition) is 1. The van der Waals surface area contributed by atoms with Gasteiger partial charge >= 0.3 is 0 Å². The summed E-state index contributed by atoms with van der Waals surface area (Å²) in [6.07, 6.45) is 4.33. The molecule has 2 aromatic carbocycles. The molecule has 0 spiro atoms. The molecule has 0 radical (unpaired) electrons. The van der Waals surface area contributed by atoms with Gasteiger partial charge < -0.3 is 15.1 Å². The second-order valence-electron chi connectivity index (χ2n) is 11.1. The third-order valence-corrected chi connectivity index (χ3v) is 7.41. The Kier molecular flexibility index (Phi) is 5.03. The first kappa shape index (κ1) is 21.0. The molecule has 32 heavy (non-hydrogen) atoms. The van der Waals surface area contributed by atoms with E-state index >= 15 is 0 Å². The van der Waals surface area contributed by atoms with Crippen LogP contribution in [-0.2, 0) is 11.2 Å². The van der Waals surface area contributed by atoms with Gasteiger partial charge in [-0.3, -0.25) is 9.59 Å². The Labute approximate surface area is 190 Å². The summed E-state index contributed by atoms with van der Waals surface area (Å²) in [6, 6.07) is 16.0. The Morgan fingerprint density at radius 2 is 1.78 bits per heavy atom. The molecule has 1 N–H and O–H groups in total. The zero-order valence-corrected chi connectivity index (χ0v) is 19.4. The molecular weight excluding hydrogens is 398 g/mol. The second kappa shape index (κ2) is 7.65. The van der Waals surface area contributed by atoms with Gasteiger partial charge in [-0.2, -0.15) is 0 Å². The average molecular weight is 432 g/mol. The van der Waals surface area contributed by atoms with Crippen molar-refractivity contribution in [2.24, 2.45) is 10.8 Å². The average Bonchev–Trinajstić information content (AvgIpc) is 3.25. The van der Waals surface area contributed by atoms with Gasteiger partial charge in [0.15, 0.2) is 0 Å². The summed E-state index contributed by atoms with van der Waals surface area (Å²) in [5.41, 5.74) is 4.39. The van der Waals surface area contributed by atoms with E-state index in [1.807, 2.05) is 36.4 Å². The number of carbonyl (C=O) groups excluding carboxylic acids is 2. The van der Waals surface area contributed by atoms with E-state index in [1.54, 1.807) is 0 Å². The van der Waals surface area contributed by atoms with Crippen LogP contribution in [0, 0.1) is 10.8 Å². The zero-order valence-electron chi connectivity index (χ0n) is 19.4. The Morgan fingerprint density at radius 1 is 1.03 bits per heavy atom. The standard InChI is InChI=1S/C27H33N3O2/c1-26(2)14-22-15-27(3,17-26)18-30(22)25(32)20-8-10-21(11-9-20)28-24(31)16-29-13-12-19-6-4-5-7-23(19)29/h4-11,22H,12-18H2,1-3H3,(H,28,31). The number of fused-ring (bicyclic) bond motifs is 3. The molecule has 3 aliphatic rings. The fourth-order valence-corrected chi connectivity index (χ4v) is 6.50. The van der Waals surface area contributed by atoms with E-state index in [0.29, 0.717) is 18.2 Å². The van der Waals surface area contributed by atoms with Gasteiger partial charge in [0, 0.05) is 36.1 Å². The molecule has 0 aromatic heterocycles. The number of nitrogens with one attached hydrogen (secondary N) is 1. The van der Waals surface area contributed by atoms with E-state index in [1.165, 1.54) is 12.0 Å². The minimum Gasteiger partial charge on any atom is -0.362 e. The number of carbonyl (C=O) groups is 2. The number of amides is 2. The van der Waals surface area contributed by atoms with Gasteiger partial charge in [0.2, 0.25) is 5.91 Å². The largest absolute Gasteiger partial charge is 0.362 e. The van der Waals surface area contributed by atoms with Gasteiger partial charge in [-0.05, 0) is 72.4 Å². The molecule has 1 saturated heterocycles. The van der Waals surface area contributed by atoms with Gasteiger partial charge in [0.1, 0.15) is 0 Å². The van der Waals surface area contributed by atoms with Crippen LogP contribution in [0.1, 0.15) is 56.0 Å². The van der Waals surface area contributed by atoms with Crippen molar-refractivity contribution in [3.05, 3.63) is 59.7 Å². The molecule has 5 nitrogen and oxygen atoms in total. The molecule has 1 saturated carbocycles. The maximum absolute atomic E-state index is 13.3. The number of likely N-dealkylation sites (tertiary alicyclic amines) is 1. The van der Waals surface area contributed by atoms with Crippen molar-refractivity contribution in [3.8, 4) is 0 Å². The minimum absolute atomic E-state index is 0.0377. The van der Waals surface area contributed by atoms with Gasteiger partial charge in [-0.15, -0.1) is 0 Å². The summed E-state index contributed by atoms with van der Waals surface area (Å²) < 4.78 is 0. The van der Waals surface area contributed by atoms with Crippen molar-refractivity contribution >= 4 is 23.2 Å². The van der Waals surface area contributed by atoms with E-state index in [9.17, 15) is 9.59 Å². The number of para-hydroxylation sites is 1. The van der Waals surface area contributed by atoms with Crippen molar-refractivity contribution in [2.75, 3.05) is 29.9 Å². The predicted octanol–water partition coefficient (Wildman–Crippen LogP) is 4.73. The molecular formula is C27H33N3O2. The molecule has 2 amide bonds. The Morgan fingerprint density at radius 3 is 2.56 bits per heavy atom. The fourth-order valence-electron chi connectivity index (χ4n) is 6.50. The molecule has 2 fully saturated rings. The second-order valence-corrected chi connectivity index (χ2v) is 11.1. The van der Waals surface area contributed by atoms with Gasteiger partial charge in [-0.1, -0.05) is 39.0 Å². The lowest BCUT2D eigenvalue weighted by molar-refractivity contribution is -0.115. The SMILES string of the molecule is CC1(C)CC2CC(C)(CN2C(=O)c2ccc(NC(=O)CN3CCc4ccccc43)cc2)C1. The summed E-state index contributed by atoms with van der Waals surface area (Å²) >= 11 is 0. The van der Waals surface area contributed by atoms with E-state index < -0.39 is 0 Å². The Bertz CT molecular complexity index is 1050. The monoisotopic (exact) mass is 431 g/mol. The van der Waals surface area contributed by atoms with Crippen molar-refractivity contribution in [3.63, 3.8) is 0 Å². The highest BCUT2D eigenvalue weighted by atomic mass is 16.2. The van der Waals surface area contributed by atoms with Crippen LogP contribution in [0.25, 0.3) is 0 Å². The quantitative estimate of drug-likeness (QED) is 0.762. The van der Waals surface area contributed by atoms with E-state index in [2.05, 4.69) is 48.0 Å². The molecule has 168 valence electrons. The molecule has 5 rings (SSSR count). The third kappa shape index (κ3) is 4.01. The van der Waals surface area contributed by atoms with Crippen LogP contribution in [-0.4, -0.2) is 42.4 Å². The molecule has 2 heterocycles. The normalized spacial score (nSPS) is 25.5. The first-order valence-electron chi connectivity index (χ1n) is 11.8. The van der Waals surface area contributed by atoms with Gasteiger partial charge in [0.05, 0.1) is 6.54 Å². The van der Waals surface area contributed by atoms with Crippen LogP contribution in [0.4, 0.5) is 11.4 Å². The smallest absolute Gasteiger partial charge is 0.254 e. The van der Waals surface area contributed by atoms with Crippen molar-refractivity contribution in [2.45, 2.75) is 52.5 Å². The highest BCUT2D eigenvalue weighted by Gasteiger charge is 2.51. The van der Waals surface area contributed by atoms with E-state index in [4.69, 9.17) is 0 Å². The number of anilines is 2. The molecule has 2 aromatic rings. The van der Waals surface area contributed by atoms with Crippen LogP contribution in [0.5, 0.6) is 0 Å². The van der Waals surface area contributed by atoms with Crippen LogP contribution in [0.2, 0.25) is 0 Å². The number of hydrogen-bond acceptors (Lipinski definition) is 3. The molecule has 1 aliphatic carbocycles. The van der Waals surface area contributed by atoms with Crippen LogP contribution in [0.3, 0.4) is 0 Å². The highest BCUT2D eigenvalue weighted by Crippen LogP contribution is 2.52. The predicted molar refractivity (Wildman–Crippen MR) is 128 cm³/mol. The van der Waals surface area contributed by atoms with Crippen LogP contribution in [0.15, 0.2) is 48.5 Å². The maximum Gasteiger partial charge on any atom is 0.254 e. The summed E-state index contributed by atoms with van der Waals surface area (Å²) in [7, 11) is 0. The molecule has 2 bridgehead atoms. The van der Waals surface area contributed by atoms with Gasteiger partial charge in [-0.25, -0.2) is 0 Å². The molecule has 2 atom stereocenters. The number of nitrogens with zero attached hydrogens (tertiary/aromatic N) is 2. The number of benzene rings is 2.